The number of allylic oxidation sites excluding steroid dienone is 2. The number of ether oxygens (including phenoxy) is 1. The van der Waals surface area contributed by atoms with Crippen LogP contribution in [0.25, 0.3) is 0 Å². The van der Waals surface area contributed by atoms with E-state index in [-0.39, 0.29) is 0 Å². The van der Waals surface area contributed by atoms with Crippen molar-refractivity contribution in [2.24, 2.45) is 0 Å². The molecule has 4 heteroatoms. The Kier molecular flexibility index (Phi) is 8.54. The van der Waals surface area contributed by atoms with Crippen molar-refractivity contribution in [2.45, 2.75) is 26.3 Å². The van der Waals surface area contributed by atoms with E-state index >= 15 is 0 Å². The van der Waals surface area contributed by atoms with Gasteiger partial charge in [0, 0.05) is 6.54 Å². The number of rotatable bonds is 10. The van der Waals surface area contributed by atoms with E-state index in [1.165, 1.54) is 22.5 Å². The highest BCUT2D eigenvalue weighted by Crippen LogP contribution is 2.23. The molecule has 0 aliphatic rings. The van der Waals surface area contributed by atoms with Crippen LogP contribution < -0.4 is 10.1 Å². The van der Waals surface area contributed by atoms with Crippen LogP contribution in [-0.4, -0.2) is 13.2 Å². The predicted molar refractivity (Wildman–Crippen MR) is 105 cm³/mol. The molecule has 2 rings (SSSR count). The first kappa shape index (κ1) is 19.0. The molecule has 3 nitrogen and oxygen atoms in total. The van der Waals surface area contributed by atoms with Crippen LogP contribution in [-0.2, 0) is 6.54 Å². The fourth-order valence-electron chi connectivity index (χ4n) is 2.36. The average molecular weight is 353 g/mol. The first-order chi connectivity index (χ1) is 12.3. The molecule has 1 N–H and O–H groups in total. The molecule has 0 spiro atoms. The zero-order chi connectivity index (χ0) is 17.7. The second kappa shape index (κ2) is 11.2. The summed E-state index contributed by atoms with van der Waals surface area (Å²) in [7, 11) is 0. The third kappa shape index (κ3) is 7.38. The van der Waals surface area contributed by atoms with Crippen LogP contribution in [0.3, 0.4) is 0 Å². The average Bonchev–Trinajstić information content (AvgIpc) is 3.11. The Morgan fingerprint density at radius 3 is 2.80 bits per heavy atom. The molecule has 1 aromatic heterocycles. The normalized spacial score (nSPS) is 11.6. The molecular weight excluding hydrogens is 328 g/mol. The zero-order valence-electron chi connectivity index (χ0n) is 14.6. The van der Waals surface area contributed by atoms with Crippen LogP contribution in [0.5, 0.6) is 5.06 Å². The predicted octanol–water partition coefficient (Wildman–Crippen LogP) is 5.07. The molecule has 130 valence electrons. The van der Waals surface area contributed by atoms with Crippen LogP contribution in [0.2, 0.25) is 0 Å². The van der Waals surface area contributed by atoms with E-state index in [1.54, 1.807) is 6.07 Å². The maximum Gasteiger partial charge on any atom is 0.175 e. The number of nitrogens with zero attached hydrogens (tertiary/aromatic N) is 1. The molecule has 0 radical (unpaired) electrons. The number of benzene rings is 1. The van der Waals surface area contributed by atoms with Gasteiger partial charge in [0.1, 0.15) is 17.6 Å². The molecule has 0 bridgehead atoms. The standard InChI is InChI=1S/C21H24N2OS/c1-2-7-18(13-14-23-17-19-8-4-3-5-9-19)10-6-15-24-21-12-11-20(16-22)25-21/h3-12,23H,2,13-15,17H2,1H3/b10-6-,18-7+. The first-order valence-electron chi connectivity index (χ1n) is 8.54. The molecule has 0 fully saturated rings. The topological polar surface area (TPSA) is 45.0 Å². The quantitative estimate of drug-likeness (QED) is 0.479. The van der Waals surface area contributed by atoms with Crippen LogP contribution in [0.1, 0.15) is 30.2 Å². The highest BCUT2D eigenvalue weighted by Gasteiger charge is 1.99. The lowest BCUT2D eigenvalue weighted by atomic mass is 10.1. The van der Waals surface area contributed by atoms with E-state index in [1.807, 2.05) is 18.2 Å². The van der Waals surface area contributed by atoms with Crippen molar-refractivity contribution in [1.82, 2.24) is 5.32 Å². The maximum atomic E-state index is 8.81. The summed E-state index contributed by atoms with van der Waals surface area (Å²) in [5.41, 5.74) is 2.62. The summed E-state index contributed by atoms with van der Waals surface area (Å²) in [4.78, 5) is 0.676. The maximum absolute atomic E-state index is 8.81. The van der Waals surface area contributed by atoms with Gasteiger partial charge in [-0.1, -0.05) is 66.3 Å². The van der Waals surface area contributed by atoms with Crippen molar-refractivity contribution >= 4 is 11.3 Å². The Balaban J connectivity index is 1.70. The van der Waals surface area contributed by atoms with Crippen molar-refractivity contribution in [3.63, 3.8) is 0 Å². The van der Waals surface area contributed by atoms with Gasteiger partial charge in [-0.05, 0) is 43.2 Å². The largest absolute Gasteiger partial charge is 0.480 e. The van der Waals surface area contributed by atoms with E-state index in [0.29, 0.717) is 11.5 Å². The van der Waals surface area contributed by atoms with Gasteiger partial charge >= 0.3 is 0 Å². The molecule has 0 unspecified atom stereocenters. The fraction of sp³-hybridized carbons (Fsp3) is 0.286. The Hall–Kier alpha value is -2.35. The van der Waals surface area contributed by atoms with Crippen molar-refractivity contribution < 1.29 is 4.74 Å². The van der Waals surface area contributed by atoms with Gasteiger partial charge in [0.25, 0.3) is 0 Å². The Morgan fingerprint density at radius 2 is 2.08 bits per heavy atom. The van der Waals surface area contributed by atoms with E-state index < -0.39 is 0 Å². The molecule has 1 heterocycles. The van der Waals surface area contributed by atoms with Crippen LogP contribution in [0.4, 0.5) is 0 Å². The van der Waals surface area contributed by atoms with Crippen molar-refractivity contribution in [3.05, 3.63) is 76.7 Å². The highest BCUT2D eigenvalue weighted by atomic mass is 32.1. The molecule has 0 saturated heterocycles. The monoisotopic (exact) mass is 352 g/mol. The molecule has 0 amide bonds. The summed E-state index contributed by atoms with van der Waals surface area (Å²) in [6, 6.07) is 16.2. The molecule has 0 atom stereocenters. The summed E-state index contributed by atoms with van der Waals surface area (Å²) < 4.78 is 5.64. The summed E-state index contributed by atoms with van der Waals surface area (Å²) in [6.45, 7) is 4.51. The fourth-order valence-corrected chi connectivity index (χ4v) is 3.03. The minimum atomic E-state index is 0.518. The van der Waals surface area contributed by atoms with Crippen LogP contribution >= 0.6 is 11.3 Å². The number of thiophene rings is 1. The Labute approximate surface area is 154 Å². The lowest BCUT2D eigenvalue weighted by Crippen LogP contribution is -2.15. The van der Waals surface area contributed by atoms with Gasteiger partial charge in [-0.2, -0.15) is 5.26 Å². The lowest BCUT2D eigenvalue weighted by Gasteiger charge is -2.06. The van der Waals surface area contributed by atoms with Crippen molar-refractivity contribution in [2.75, 3.05) is 13.2 Å². The molecule has 2 aromatic rings. The number of nitrogens with one attached hydrogen (secondary N) is 1. The van der Waals surface area contributed by atoms with Gasteiger partial charge in [-0.25, -0.2) is 0 Å². The second-order valence-corrected chi connectivity index (χ2v) is 6.59. The van der Waals surface area contributed by atoms with Gasteiger partial charge in [-0.3, -0.25) is 0 Å². The first-order valence-corrected chi connectivity index (χ1v) is 9.36. The third-order valence-corrected chi connectivity index (χ3v) is 4.48. The number of hydrogen-bond donors (Lipinski definition) is 1. The summed E-state index contributed by atoms with van der Waals surface area (Å²) in [5.74, 6) is 0. The Bertz CT molecular complexity index is 726. The molecular formula is C21H24N2OS. The number of hydrogen-bond acceptors (Lipinski definition) is 4. The summed E-state index contributed by atoms with van der Waals surface area (Å²) in [6.07, 6.45) is 8.43. The van der Waals surface area contributed by atoms with E-state index in [4.69, 9.17) is 10.00 Å². The molecule has 0 aliphatic heterocycles. The smallest absolute Gasteiger partial charge is 0.175 e. The van der Waals surface area contributed by atoms with Crippen molar-refractivity contribution in [3.8, 4) is 11.1 Å². The van der Waals surface area contributed by atoms with Crippen molar-refractivity contribution in [1.29, 1.82) is 5.26 Å². The second-order valence-electron chi connectivity index (χ2n) is 5.54. The van der Waals surface area contributed by atoms with Gasteiger partial charge in [0.2, 0.25) is 0 Å². The van der Waals surface area contributed by atoms with Gasteiger partial charge in [-0.15, -0.1) is 0 Å². The Morgan fingerprint density at radius 1 is 1.24 bits per heavy atom. The summed E-state index contributed by atoms with van der Waals surface area (Å²) >= 11 is 1.37. The number of nitriles is 1. The van der Waals surface area contributed by atoms with Crippen LogP contribution in [0, 0.1) is 11.3 Å². The summed E-state index contributed by atoms with van der Waals surface area (Å²) in [5, 5.41) is 13.1. The van der Waals surface area contributed by atoms with Crippen LogP contribution in [0.15, 0.2) is 66.3 Å². The van der Waals surface area contributed by atoms with E-state index in [9.17, 15) is 0 Å². The van der Waals surface area contributed by atoms with Gasteiger partial charge in [0.15, 0.2) is 5.06 Å². The zero-order valence-corrected chi connectivity index (χ0v) is 15.4. The lowest BCUT2D eigenvalue weighted by molar-refractivity contribution is 0.373. The third-order valence-electron chi connectivity index (χ3n) is 3.57. The van der Waals surface area contributed by atoms with Gasteiger partial charge in [0.05, 0.1) is 0 Å². The van der Waals surface area contributed by atoms with Gasteiger partial charge < -0.3 is 10.1 Å². The molecule has 0 aliphatic carbocycles. The SMILES string of the molecule is CC/C=C(\C=C/COc1ccc(C#N)s1)CCNCc1ccccc1. The minimum Gasteiger partial charge on any atom is -0.480 e. The minimum absolute atomic E-state index is 0.518. The molecule has 25 heavy (non-hydrogen) atoms. The highest BCUT2D eigenvalue weighted by molar-refractivity contribution is 7.14. The molecule has 1 aromatic carbocycles. The van der Waals surface area contributed by atoms with E-state index in [2.05, 4.69) is 54.7 Å². The molecule has 0 saturated carbocycles. The van der Waals surface area contributed by atoms with E-state index in [0.717, 1.165) is 31.0 Å².